The van der Waals surface area contributed by atoms with Crippen LogP contribution in [0.5, 0.6) is 0 Å². The van der Waals surface area contributed by atoms with Gasteiger partial charge in [-0.15, -0.1) is 0 Å². The van der Waals surface area contributed by atoms with Gasteiger partial charge in [-0.3, -0.25) is 0 Å². The molecule has 1 saturated heterocycles. The summed E-state index contributed by atoms with van der Waals surface area (Å²) in [5.74, 6) is 0. The Labute approximate surface area is 55.7 Å². The SMILES string of the molecule is S=[P+]1S[P+](=S)S1. The van der Waals surface area contributed by atoms with Crippen LogP contribution in [0.25, 0.3) is 0 Å². The molecule has 1 aliphatic heterocycles. The van der Waals surface area contributed by atoms with Crippen LogP contribution >= 0.6 is 32.2 Å². The first-order valence-corrected chi connectivity index (χ1v) is 9.86. The zero-order valence-electron chi connectivity index (χ0n) is 2.53. The Hall–Kier alpha value is 1.74. The second-order valence-electron chi connectivity index (χ2n) is 0.611. The fourth-order valence-electron chi connectivity index (χ4n) is 0.115. The molecule has 32 valence electrons. The van der Waals surface area contributed by atoms with E-state index in [9.17, 15) is 0 Å². The smallest absolute Gasteiger partial charge is 0.197 e. The van der Waals surface area contributed by atoms with E-state index in [1.54, 1.807) is 22.0 Å². The molecule has 0 N–H and O–H groups in total. The highest BCUT2D eigenvalue weighted by Crippen LogP contribution is 2.85. The molecule has 0 aromatic carbocycles. The topological polar surface area (TPSA) is 0 Å². The molecule has 1 fully saturated rings. The van der Waals surface area contributed by atoms with E-state index >= 15 is 0 Å². The van der Waals surface area contributed by atoms with Crippen molar-refractivity contribution in [2.45, 2.75) is 0 Å². The van der Waals surface area contributed by atoms with Crippen molar-refractivity contribution in [3.05, 3.63) is 0 Å². The molecule has 6 heteroatoms. The van der Waals surface area contributed by atoms with Gasteiger partial charge in [0.25, 0.3) is 0 Å². The molecule has 0 saturated carbocycles. The van der Waals surface area contributed by atoms with Crippen LogP contribution in [0.1, 0.15) is 0 Å². The molecule has 0 radical (unpaired) electrons. The summed E-state index contributed by atoms with van der Waals surface area (Å²) >= 11 is 13.4. The average Bonchev–Trinajstić information content (AvgIpc) is 1.33. The molecule has 0 nitrogen and oxygen atoms in total. The summed E-state index contributed by atoms with van der Waals surface area (Å²) in [5, 5.41) is -0.231. The molecular formula is P2S4+2. The maximum Gasteiger partial charge on any atom is 0.423 e. The Kier molecular flexibility index (Phi) is 2.29. The number of hydrogen-bond donors (Lipinski definition) is 0. The van der Waals surface area contributed by atoms with E-state index in [-0.39, 0.29) is 10.2 Å². The minimum Gasteiger partial charge on any atom is 0.197 e. The maximum absolute atomic E-state index is 4.88. The van der Waals surface area contributed by atoms with Crippen molar-refractivity contribution < 1.29 is 0 Å². The zero-order valence-corrected chi connectivity index (χ0v) is 7.58. The minimum atomic E-state index is -0.116. The Morgan fingerprint density at radius 2 is 1.33 bits per heavy atom. The van der Waals surface area contributed by atoms with Crippen LogP contribution in [-0.2, 0) is 23.6 Å². The Balaban J connectivity index is 2.47. The van der Waals surface area contributed by atoms with Crippen molar-refractivity contribution in [1.29, 1.82) is 0 Å². The van der Waals surface area contributed by atoms with Crippen LogP contribution in [0.3, 0.4) is 0 Å². The van der Waals surface area contributed by atoms with Gasteiger partial charge in [0.2, 0.25) is 0 Å². The fourth-order valence-corrected chi connectivity index (χ4v) is 22.5. The Morgan fingerprint density at radius 3 is 1.33 bits per heavy atom. The van der Waals surface area contributed by atoms with Crippen LogP contribution in [0.4, 0.5) is 0 Å². The summed E-state index contributed by atoms with van der Waals surface area (Å²) in [4.78, 5) is 0. The lowest BCUT2D eigenvalue weighted by Crippen LogP contribution is -1.42. The van der Waals surface area contributed by atoms with E-state index in [2.05, 4.69) is 0 Å². The molecule has 0 spiro atoms. The van der Waals surface area contributed by atoms with E-state index in [0.29, 0.717) is 0 Å². The summed E-state index contributed by atoms with van der Waals surface area (Å²) in [5.41, 5.74) is 0. The molecule has 0 aromatic rings. The lowest BCUT2D eigenvalue weighted by atomic mass is 29.3. The third-order valence-electron chi connectivity index (χ3n) is 0.267. The minimum absolute atomic E-state index is 0.116. The van der Waals surface area contributed by atoms with Gasteiger partial charge in [0.05, 0.1) is 0 Å². The third-order valence-corrected chi connectivity index (χ3v) is 21.6. The molecule has 1 heterocycles. The molecule has 1 aliphatic rings. The third kappa shape index (κ3) is 1.36. The van der Waals surface area contributed by atoms with Crippen LogP contribution < -0.4 is 0 Å². The summed E-state index contributed by atoms with van der Waals surface area (Å²) in [6.45, 7) is 0. The highest BCUT2D eigenvalue weighted by molar-refractivity contribution is 9.39. The molecule has 0 aromatic heterocycles. The van der Waals surface area contributed by atoms with E-state index in [1.807, 2.05) is 0 Å². The predicted molar refractivity (Wildman–Crippen MR) is 43.8 cm³/mol. The lowest BCUT2D eigenvalue weighted by Gasteiger charge is -1.73. The lowest BCUT2D eigenvalue weighted by molar-refractivity contribution is 5.10. The highest BCUT2D eigenvalue weighted by atomic mass is 33.7. The van der Waals surface area contributed by atoms with Crippen molar-refractivity contribution in [3.63, 3.8) is 0 Å². The summed E-state index contributed by atoms with van der Waals surface area (Å²) in [6.07, 6.45) is 0. The predicted octanol–water partition coefficient (Wildman–Crippen LogP) is 3.01. The van der Waals surface area contributed by atoms with E-state index in [0.717, 1.165) is 0 Å². The quantitative estimate of drug-likeness (QED) is 0.538. The van der Waals surface area contributed by atoms with Gasteiger partial charge in [-0.25, -0.2) is 0 Å². The van der Waals surface area contributed by atoms with Gasteiger partial charge in [0.1, 0.15) is 0 Å². The first-order chi connectivity index (χ1) is 2.79. The molecule has 6 heavy (non-hydrogen) atoms. The van der Waals surface area contributed by atoms with E-state index < -0.39 is 0 Å². The second kappa shape index (κ2) is 2.34. The first-order valence-electron chi connectivity index (χ1n) is 1.10. The van der Waals surface area contributed by atoms with Crippen molar-refractivity contribution in [1.82, 2.24) is 0 Å². The Morgan fingerprint density at radius 1 is 1.00 bits per heavy atom. The van der Waals surface area contributed by atoms with Crippen LogP contribution in [0, 0.1) is 0 Å². The van der Waals surface area contributed by atoms with Gasteiger partial charge < -0.3 is 0 Å². The standard InChI is InChI=1S/P2S4/c3-1-5-2(4)6-1/q+2. The maximum atomic E-state index is 4.88. The normalized spacial score (nSPS) is 32.7. The van der Waals surface area contributed by atoms with E-state index in [1.165, 1.54) is 0 Å². The van der Waals surface area contributed by atoms with Crippen molar-refractivity contribution in [2.75, 3.05) is 0 Å². The monoisotopic (exact) mass is 190 g/mol. The van der Waals surface area contributed by atoms with E-state index in [4.69, 9.17) is 23.6 Å². The summed E-state index contributed by atoms with van der Waals surface area (Å²) in [7, 11) is 0. The van der Waals surface area contributed by atoms with Gasteiger partial charge in [-0.05, 0) is 0 Å². The Bertz CT molecular complexity index is 82.1. The van der Waals surface area contributed by atoms with Gasteiger partial charge in [0, 0.05) is 0 Å². The van der Waals surface area contributed by atoms with Crippen molar-refractivity contribution in [2.24, 2.45) is 0 Å². The average molecular weight is 190 g/mol. The van der Waals surface area contributed by atoms with Crippen molar-refractivity contribution in [3.8, 4) is 0 Å². The fraction of sp³-hybridized carbons (Fsp3) is 0. The molecule has 0 bridgehead atoms. The molecule has 0 aliphatic carbocycles. The number of rotatable bonds is 0. The molecule has 0 amide bonds. The largest absolute Gasteiger partial charge is 0.423 e. The van der Waals surface area contributed by atoms with Crippen molar-refractivity contribution >= 4 is 55.8 Å². The zero-order chi connectivity index (χ0) is 4.57. The number of hydrogen-bond acceptors (Lipinski definition) is 4. The van der Waals surface area contributed by atoms with Gasteiger partial charge in [-0.2, -0.15) is 0 Å². The summed E-state index contributed by atoms with van der Waals surface area (Å²) in [6, 6.07) is 0. The molecule has 0 atom stereocenters. The van der Waals surface area contributed by atoms with Gasteiger partial charge >= 0.3 is 32.2 Å². The van der Waals surface area contributed by atoms with Gasteiger partial charge in [-0.1, -0.05) is 0 Å². The highest BCUT2D eigenvalue weighted by Gasteiger charge is 2.52. The molecular weight excluding hydrogens is 190 g/mol. The van der Waals surface area contributed by atoms with Gasteiger partial charge in [0.15, 0.2) is 23.6 Å². The molecule has 0 unspecified atom stereocenters. The van der Waals surface area contributed by atoms with Crippen LogP contribution in [-0.4, -0.2) is 0 Å². The van der Waals surface area contributed by atoms with Crippen LogP contribution in [0.15, 0.2) is 0 Å². The van der Waals surface area contributed by atoms with Crippen LogP contribution in [0.2, 0.25) is 0 Å². The summed E-state index contributed by atoms with van der Waals surface area (Å²) < 4.78 is 0. The first kappa shape index (κ1) is 5.87. The molecule has 1 rings (SSSR count). The second-order valence-corrected chi connectivity index (χ2v) is 16.5.